The molecule has 1 rings (SSSR count). The van der Waals surface area contributed by atoms with Crippen LogP contribution in [0.25, 0.3) is 0 Å². The third-order valence-electron chi connectivity index (χ3n) is 3.52. The zero-order chi connectivity index (χ0) is 14.8. The highest BCUT2D eigenvalue weighted by Gasteiger charge is 2.22. The van der Waals surface area contributed by atoms with Crippen molar-refractivity contribution in [3.63, 3.8) is 0 Å². The summed E-state index contributed by atoms with van der Waals surface area (Å²) in [6.45, 7) is 2.56. The van der Waals surface area contributed by atoms with Gasteiger partial charge in [-0.3, -0.25) is 9.69 Å². The largest absolute Gasteiger partial charge is 0.340 e. The molecule has 0 aliphatic carbocycles. The first-order valence-corrected chi connectivity index (χ1v) is 6.90. The topological polar surface area (TPSA) is 88.2 Å². The van der Waals surface area contributed by atoms with E-state index in [4.69, 9.17) is 10.5 Å². The molecule has 0 bridgehead atoms. The Balaban J connectivity index is 2.43. The number of carbonyl (C=O) groups is 2. The van der Waals surface area contributed by atoms with Crippen molar-refractivity contribution in [1.82, 2.24) is 9.80 Å². The quantitative estimate of drug-likeness (QED) is 0.634. The van der Waals surface area contributed by atoms with Crippen LogP contribution >= 0.6 is 0 Å². The summed E-state index contributed by atoms with van der Waals surface area (Å²) in [4.78, 5) is 26.5. The van der Waals surface area contributed by atoms with Crippen LogP contribution in [-0.2, 0) is 9.59 Å². The monoisotopic (exact) mass is 276 g/mol. The van der Waals surface area contributed by atoms with Crippen LogP contribution < -0.4 is 0 Å². The van der Waals surface area contributed by atoms with Gasteiger partial charge in [0.15, 0.2) is 0 Å². The molecule has 0 spiro atoms. The van der Waals surface area contributed by atoms with Crippen molar-refractivity contribution >= 4 is 12.2 Å². The lowest BCUT2D eigenvalue weighted by atomic mass is 9.99. The van der Waals surface area contributed by atoms with E-state index in [1.165, 1.54) is 0 Å². The highest BCUT2D eigenvalue weighted by molar-refractivity contribution is 5.78. The van der Waals surface area contributed by atoms with Crippen molar-refractivity contribution in [2.75, 3.05) is 32.7 Å². The number of hydrogen-bond acceptors (Lipinski definition) is 5. The molecule has 6 heteroatoms. The van der Waals surface area contributed by atoms with E-state index in [0.29, 0.717) is 19.6 Å². The fourth-order valence-electron chi connectivity index (χ4n) is 2.27. The van der Waals surface area contributed by atoms with Gasteiger partial charge < -0.3 is 9.69 Å². The van der Waals surface area contributed by atoms with Crippen molar-refractivity contribution < 1.29 is 9.59 Å². The van der Waals surface area contributed by atoms with Gasteiger partial charge in [0.05, 0.1) is 31.5 Å². The Morgan fingerprint density at radius 3 is 2.20 bits per heavy atom. The smallest absolute Gasteiger partial charge is 0.236 e. The summed E-state index contributed by atoms with van der Waals surface area (Å²) in [6, 6.07) is 4.03. The molecular weight excluding hydrogens is 256 g/mol. The number of hydrogen-bond donors (Lipinski definition) is 0. The van der Waals surface area contributed by atoms with Crippen LogP contribution in [0.2, 0.25) is 0 Å². The zero-order valence-electron chi connectivity index (χ0n) is 11.6. The summed E-state index contributed by atoms with van der Waals surface area (Å²) >= 11 is 0. The second-order valence-corrected chi connectivity index (χ2v) is 4.95. The van der Waals surface area contributed by atoms with Crippen LogP contribution in [0.4, 0.5) is 0 Å². The molecule has 0 radical (unpaired) electrons. The summed E-state index contributed by atoms with van der Waals surface area (Å²) < 4.78 is 0. The summed E-state index contributed by atoms with van der Waals surface area (Å²) in [5.41, 5.74) is 0. The predicted molar refractivity (Wildman–Crippen MR) is 72.3 cm³/mol. The highest BCUT2D eigenvalue weighted by atomic mass is 16.2. The number of rotatable bonds is 7. The molecule has 0 N–H and O–H groups in total. The Hall–Kier alpha value is -1.92. The predicted octanol–water partition coefficient (Wildman–Crippen LogP) is 0.553. The van der Waals surface area contributed by atoms with Gasteiger partial charge in [0.2, 0.25) is 5.91 Å². The van der Waals surface area contributed by atoms with Crippen molar-refractivity contribution in [2.24, 2.45) is 5.92 Å². The van der Waals surface area contributed by atoms with E-state index in [-0.39, 0.29) is 24.7 Å². The van der Waals surface area contributed by atoms with Gasteiger partial charge >= 0.3 is 0 Å². The number of piperidine rings is 1. The molecular formula is C14H20N4O2. The van der Waals surface area contributed by atoms with Gasteiger partial charge in [-0.2, -0.15) is 10.5 Å². The number of amides is 1. The average molecular weight is 276 g/mol. The second kappa shape index (κ2) is 9.06. The van der Waals surface area contributed by atoms with Gasteiger partial charge in [0.25, 0.3) is 0 Å². The average Bonchev–Trinajstić information content (AvgIpc) is 2.48. The lowest BCUT2D eigenvalue weighted by Gasteiger charge is -2.31. The van der Waals surface area contributed by atoms with E-state index >= 15 is 0 Å². The first kappa shape index (κ1) is 16.1. The van der Waals surface area contributed by atoms with Crippen LogP contribution in [0.3, 0.4) is 0 Å². The summed E-state index contributed by atoms with van der Waals surface area (Å²) in [5.74, 6) is 0.0784. The van der Waals surface area contributed by atoms with Crippen LogP contribution in [0.15, 0.2) is 0 Å². The maximum Gasteiger partial charge on any atom is 0.236 e. The number of nitriles is 2. The Bertz CT molecular complexity index is 384. The first-order valence-electron chi connectivity index (χ1n) is 6.90. The fourth-order valence-corrected chi connectivity index (χ4v) is 2.27. The molecule has 1 amide bonds. The molecule has 0 atom stereocenters. The molecule has 1 fully saturated rings. The lowest BCUT2D eigenvalue weighted by molar-refractivity contribution is -0.132. The van der Waals surface area contributed by atoms with Crippen molar-refractivity contribution in [3.05, 3.63) is 0 Å². The van der Waals surface area contributed by atoms with E-state index in [9.17, 15) is 9.59 Å². The standard InChI is InChI=1S/C14H20N4O2/c15-5-1-7-18(8-2-6-16)14(20)11-17-9-3-13(12-19)4-10-17/h12-13H,1-4,7-11H2. The Kier molecular flexibility index (Phi) is 7.31. The minimum Gasteiger partial charge on any atom is -0.340 e. The van der Waals surface area contributed by atoms with Gasteiger partial charge in [0, 0.05) is 19.0 Å². The molecule has 0 aromatic carbocycles. The van der Waals surface area contributed by atoms with Gasteiger partial charge in [-0.1, -0.05) is 0 Å². The summed E-state index contributed by atoms with van der Waals surface area (Å²) in [7, 11) is 0. The van der Waals surface area contributed by atoms with Crippen molar-refractivity contribution in [1.29, 1.82) is 10.5 Å². The number of carbonyl (C=O) groups excluding carboxylic acids is 2. The number of likely N-dealkylation sites (tertiary alicyclic amines) is 1. The molecule has 108 valence electrons. The molecule has 20 heavy (non-hydrogen) atoms. The summed E-state index contributed by atoms with van der Waals surface area (Å²) in [6.07, 6.45) is 3.15. The van der Waals surface area contributed by atoms with Crippen molar-refractivity contribution in [2.45, 2.75) is 25.7 Å². The molecule has 1 heterocycles. The maximum absolute atomic E-state index is 12.2. The molecule has 0 aromatic heterocycles. The van der Waals surface area contributed by atoms with Crippen LogP contribution in [-0.4, -0.2) is 54.7 Å². The van der Waals surface area contributed by atoms with Crippen LogP contribution in [0.1, 0.15) is 25.7 Å². The van der Waals surface area contributed by atoms with Gasteiger partial charge in [-0.25, -0.2) is 0 Å². The summed E-state index contributed by atoms with van der Waals surface area (Å²) in [5, 5.41) is 17.2. The number of aldehydes is 1. The fraction of sp³-hybridized carbons (Fsp3) is 0.714. The van der Waals surface area contributed by atoms with E-state index < -0.39 is 0 Å². The Labute approximate surface area is 119 Å². The first-order chi connectivity index (χ1) is 9.71. The molecule has 1 aliphatic heterocycles. The number of nitrogens with zero attached hydrogens (tertiary/aromatic N) is 4. The zero-order valence-corrected chi connectivity index (χ0v) is 11.6. The Morgan fingerprint density at radius 1 is 1.20 bits per heavy atom. The third-order valence-corrected chi connectivity index (χ3v) is 3.52. The highest BCUT2D eigenvalue weighted by Crippen LogP contribution is 2.14. The Morgan fingerprint density at radius 2 is 1.75 bits per heavy atom. The maximum atomic E-state index is 12.2. The van der Waals surface area contributed by atoms with Crippen LogP contribution in [0.5, 0.6) is 0 Å². The molecule has 6 nitrogen and oxygen atoms in total. The van der Waals surface area contributed by atoms with E-state index in [0.717, 1.165) is 32.2 Å². The van der Waals surface area contributed by atoms with E-state index in [1.54, 1.807) is 4.90 Å². The normalized spacial score (nSPS) is 16.1. The van der Waals surface area contributed by atoms with Gasteiger partial charge in [0.1, 0.15) is 6.29 Å². The van der Waals surface area contributed by atoms with E-state index in [1.807, 2.05) is 17.0 Å². The minimum absolute atomic E-state index is 0.0416. The van der Waals surface area contributed by atoms with Crippen molar-refractivity contribution in [3.8, 4) is 12.1 Å². The third kappa shape index (κ3) is 5.38. The molecule has 0 unspecified atom stereocenters. The molecule has 0 saturated carbocycles. The molecule has 0 aromatic rings. The van der Waals surface area contributed by atoms with Gasteiger partial charge in [-0.05, 0) is 25.9 Å². The van der Waals surface area contributed by atoms with Gasteiger partial charge in [-0.15, -0.1) is 0 Å². The minimum atomic E-state index is -0.0416. The molecule has 1 saturated heterocycles. The SMILES string of the molecule is N#CCCN(CCC#N)C(=O)CN1CCC(C=O)CC1. The molecule has 1 aliphatic rings. The van der Waals surface area contributed by atoms with E-state index in [2.05, 4.69) is 0 Å². The van der Waals surface area contributed by atoms with Crippen LogP contribution in [0, 0.1) is 28.6 Å². The lowest BCUT2D eigenvalue weighted by Crippen LogP contribution is -2.44. The second-order valence-electron chi connectivity index (χ2n) is 4.95.